The fraction of sp³-hybridized carbons (Fsp3) is 0.588. The minimum Gasteiger partial charge on any atom is -0.491 e. The molecule has 1 amide bonds. The van der Waals surface area contributed by atoms with E-state index in [2.05, 4.69) is 4.90 Å². The Labute approximate surface area is 127 Å². The van der Waals surface area contributed by atoms with E-state index < -0.39 is 0 Å². The number of para-hydroxylation sites is 1. The first-order valence-electron chi connectivity index (χ1n) is 7.82. The van der Waals surface area contributed by atoms with Crippen LogP contribution in [0, 0.1) is 0 Å². The van der Waals surface area contributed by atoms with Crippen LogP contribution >= 0.6 is 0 Å². The highest BCUT2D eigenvalue weighted by molar-refractivity contribution is 5.76. The van der Waals surface area contributed by atoms with E-state index in [0.29, 0.717) is 13.0 Å². The lowest BCUT2D eigenvalue weighted by Crippen LogP contribution is -2.40. The van der Waals surface area contributed by atoms with Crippen LogP contribution in [0.25, 0.3) is 0 Å². The fourth-order valence-corrected chi connectivity index (χ4v) is 2.53. The molecule has 0 saturated carbocycles. The van der Waals surface area contributed by atoms with Gasteiger partial charge in [0.15, 0.2) is 0 Å². The zero-order valence-electron chi connectivity index (χ0n) is 13.1. The number of ether oxygens (including phenoxy) is 1. The summed E-state index contributed by atoms with van der Waals surface area (Å²) in [6.07, 6.45) is 3.14. The third kappa shape index (κ3) is 5.05. The second-order valence-electron chi connectivity index (χ2n) is 5.78. The molecule has 0 N–H and O–H groups in total. The summed E-state index contributed by atoms with van der Waals surface area (Å²) >= 11 is 0. The Morgan fingerprint density at radius 1 is 1.29 bits per heavy atom. The van der Waals surface area contributed by atoms with Gasteiger partial charge in [0.05, 0.1) is 6.04 Å². The number of amides is 1. The van der Waals surface area contributed by atoms with Gasteiger partial charge in [-0.3, -0.25) is 4.79 Å². The Bertz CT molecular complexity index is 430. The predicted molar refractivity (Wildman–Crippen MR) is 84.5 cm³/mol. The first-order chi connectivity index (χ1) is 10.2. The number of hydrogen-bond donors (Lipinski definition) is 0. The number of likely N-dealkylation sites (N-methyl/N-ethyl adjacent to an activating group) is 1. The van der Waals surface area contributed by atoms with Gasteiger partial charge in [0, 0.05) is 20.0 Å². The lowest BCUT2D eigenvalue weighted by molar-refractivity contribution is -0.132. The molecular weight excluding hydrogens is 264 g/mol. The molecule has 1 aliphatic heterocycles. The van der Waals surface area contributed by atoms with Crippen molar-refractivity contribution in [3.05, 3.63) is 30.3 Å². The molecule has 1 heterocycles. The van der Waals surface area contributed by atoms with E-state index in [9.17, 15) is 4.79 Å². The van der Waals surface area contributed by atoms with Gasteiger partial charge in [-0.2, -0.15) is 0 Å². The van der Waals surface area contributed by atoms with Crippen molar-refractivity contribution in [2.75, 3.05) is 33.3 Å². The van der Waals surface area contributed by atoms with E-state index in [1.807, 2.05) is 44.3 Å². The topological polar surface area (TPSA) is 32.8 Å². The SMILES string of the molecule is CC(COc1ccccc1)N(C)C(=O)CCN1CCCC1. The zero-order chi connectivity index (χ0) is 15.1. The molecule has 1 aliphatic rings. The van der Waals surface area contributed by atoms with Crippen LogP contribution in [0.1, 0.15) is 26.2 Å². The Morgan fingerprint density at radius 3 is 2.62 bits per heavy atom. The molecule has 1 aromatic carbocycles. The van der Waals surface area contributed by atoms with Crippen molar-refractivity contribution in [2.45, 2.75) is 32.2 Å². The molecule has 4 heteroatoms. The first kappa shape index (κ1) is 15.8. The van der Waals surface area contributed by atoms with Crippen LogP contribution in [0.15, 0.2) is 30.3 Å². The Morgan fingerprint density at radius 2 is 1.95 bits per heavy atom. The maximum atomic E-state index is 12.2. The van der Waals surface area contributed by atoms with Gasteiger partial charge in [-0.05, 0) is 45.0 Å². The van der Waals surface area contributed by atoms with Crippen molar-refractivity contribution in [3.8, 4) is 5.75 Å². The van der Waals surface area contributed by atoms with E-state index in [1.165, 1.54) is 12.8 Å². The summed E-state index contributed by atoms with van der Waals surface area (Å²) in [4.78, 5) is 16.4. The van der Waals surface area contributed by atoms with Gasteiger partial charge in [0.2, 0.25) is 5.91 Å². The molecule has 1 aromatic rings. The average Bonchev–Trinajstić information content (AvgIpc) is 3.04. The molecular formula is C17H26N2O2. The number of carbonyl (C=O) groups is 1. The maximum Gasteiger partial charge on any atom is 0.223 e. The van der Waals surface area contributed by atoms with E-state index in [0.717, 1.165) is 25.4 Å². The number of nitrogens with zero attached hydrogens (tertiary/aromatic N) is 2. The summed E-state index contributed by atoms with van der Waals surface area (Å²) in [5, 5.41) is 0. The molecule has 0 spiro atoms. The molecule has 0 bridgehead atoms. The van der Waals surface area contributed by atoms with E-state index in [4.69, 9.17) is 4.74 Å². The largest absolute Gasteiger partial charge is 0.491 e. The molecule has 0 aromatic heterocycles. The molecule has 0 radical (unpaired) electrons. The van der Waals surface area contributed by atoms with Gasteiger partial charge in [-0.15, -0.1) is 0 Å². The molecule has 1 atom stereocenters. The lowest BCUT2D eigenvalue weighted by atomic mass is 10.2. The van der Waals surface area contributed by atoms with Crippen LogP contribution < -0.4 is 4.74 Å². The summed E-state index contributed by atoms with van der Waals surface area (Å²) in [6, 6.07) is 9.81. The summed E-state index contributed by atoms with van der Waals surface area (Å²) in [5.41, 5.74) is 0. The Hall–Kier alpha value is -1.55. The monoisotopic (exact) mass is 290 g/mol. The van der Waals surface area contributed by atoms with Crippen molar-refractivity contribution in [2.24, 2.45) is 0 Å². The van der Waals surface area contributed by atoms with Gasteiger partial charge < -0.3 is 14.5 Å². The lowest BCUT2D eigenvalue weighted by Gasteiger charge is -2.26. The highest BCUT2D eigenvalue weighted by atomic mass is 16.5. The van der Waals surface area contributed by atoms with Crippen molar-refractivity contribution < 1.29 is 9.53 Å². The number of hydrogen-bond acceptors (Lipinski definition) is 3. The van der Waals surface area contributed by atoms with E-state index in [1.54, 1.807) is 4.90 Å². The number of benzene rings is 1. The van der Waals surface area contributed by atoms with Crippen molar-refractivity contribution in [1.82, 2.24) is 9.80 Å². The standard InChI is InChI=1S/C17H26N2O2/c1-15(14-21-16-8-4-3-5-9-16)18(2)17(20)10-13-19-11-6-7-12-19/h3-5,8-9,15H,6-7,10-14H2,1-2H3. The van der Waals surface area contributed by atoms with Gasteiger partial charge in [0.1, 0.15) is 12.4 Å². The summed E-state index contributed by atoms with van der Waals surface area (Å²) in [7, 11) is 1.87. The molecule has 21 heavy (non-hydrogen) atoms. The highest BCUT2D eigenvalue weighted by Gasteiger charge is 2.18. The second-order valence-corrected chi connectivity index (χ2v) is 5.78. The highest BCUT2D eigenvalue weighted by Crippen LogP contribution is 2.11. The minimum atomic E-state index is 0.0799. The molecule has 4 nitrogen and oxygen atoms in total. The van der Waals surface area contributed by atoms with Gasteiger partial charge >= 0.3 is 0 Å². The number of rotatable bonds is 7. The van der Waals surface area contributed by atoms with Crippen LogP contribution in [-0.4, -0.2) is 55.0 Å². The molecule has 116 valence electrons. The van der Waals surface area contributed by atoms with Gasteiger partial charge in [-0.1, -0.05) is 18.2 Å². The predicted octanol–water partition coefficient (Wildman–Crippen LogP) is 2.40. The van der Waals surface area contributed by atoms with E-state index in [-0.39, 0.29) is 11.9 Å². The molecule has 1 saturated heterocycles. The summed E-state index contributed by atoms with van der Waals surface area (Å²) in [6.45, 7) is 5.72. The van der Waals surface area contributed by atoms with Crippen LogP contribution in [0.2, 0.25) is 0 Å². The molecule has 2 rings (SSSR count). The number of carbonyl (C=O) groups excluding carboxylic acids is 1. The van der Waals surface area contributed by atoms with Crippen LogP contribution in [0.3, 0.4) is 0 Å². The zero-order valence-corrected chi connectivity index (χ0v) is 13.1. The van der Waals surface area contributed by atoms with Crippen LogP contribution in [0.5, 0.6) is 5.75 Å². The molecule has 1 unspecified atom stereocenters. The van der Waals surface area contributed by atoms with Crippen LogP contribution in [-0.2, 0) is 4.79 Å². The van der Waals surface area contributed by atoms with Crippen molar-refractivity contribution >= 4 is 5.91 Å². The third-order valence-corrected chi connectivity index (χ3v) is 4.13. The Kier molecular flexibility index (Phi) is 6.05. The quantitative estimate of drug-likeness (QED) is 0.773. The second kappa shape index (κ2) is 8.03. The first-order valence-corrected chi connectivity index (χ1v) is 7.82. The van der Waals surface area contributed by atoms with Crippen LogP contribution in [0.4, 0.5) is 0 Å². The fourth-order valence-electron chi connectivity index (χ4n) is 2.53. The average molecular weight is 290 g/mol. The summed E-state index contributed by atoms with van der Waals surface area (Å²) in [5.74, 6) is 1.05. The Balaban J connectivity index is 1.70. The minimum absolute atomic E-state index is 0.0799. The third-order valence-electron chi connectivity index (χ3n) is 4.13. The molecule has 1 fully saturated rings. The summed E-state index contributed by atoms with van der Waals surface area (Å²) < 4.78 is 5.71. The van der Waals surface area contributed by atoms with Crippen molar-refractivity contribution in [3.63, 3.8) is 0 Å². The maximum absolute atomic E-state index is 12.2. The molecule has 0 aliphatic carbocycles. The number of likely N-dealkylation sites (tertiary alicyclic amines) is 1. The van der Waals surface area contributed by atoms with Gasteiger partial charge in [0.25, 0.3) is 0 Å². The van der Waals surface area contributed by atoms with Gasteiger partial charge in [-0.25, -0.2) is 0 Å². The normalized spacial score (nSPS) is 16.7. The van der Waals surface area contributed by atoms with E-state index >= 15 is 0 Å². The smallest absolute Gasteiger partial charge is 0.223 e. The van der Waals surface area contributed by atoms with Crippen molar-refractivity contribution in [1.29, 1.82) is 0 Å².